The van der Waals surface area contributed by atoms with Crippen molar-refractivity contribution in [2.24, 2.45) is 0 Å². The van der Waals surface area contributed by atoms with Crippen LogP contribution in [0.3, 0.4) is 0 Å². The van der Waals surface area contributed by atoms with Crippen molar-refractivity contribution in [1.82, 2.24) is 4.31 Å². The molecule has 0 aromatic carbocycles. The van der Waals surface area contributed by atoms with Crippen LogP contribution in [0.15, 0.2) is 12.7 Å². The third kappa shape index (κ3) is 15.0. The molecule has 0 aliphatic carbocycles. The fraction of sp³-hybridized carbons (Fsp3) is 0.917. The van der Waals surface area contributed by atoms with Crippen LogP contribution in [0.2, 0.25) is 0 Å². The fourth-order valence-corrected chi connectivity index (χ4v) is 5.18. The molecule has 0 spiro atoms. The maximum atomic E-state index is 12.6. The van der Waals surface area contributed by atoms with E-state index in [-0.39, 0.29) is 17.0 Å². The van der Waals surface area contributed by atoms with Gasteiger partial charge in [0, 0.05) is 7.05 Å². The number of hydrogen-bond acceptors (Lipinski definition) is 2. The van der Waals surface area contributed by atoms with Gasteiger partial charge < -0.3 is 21.5 Å². The molecule has 0 N–H and O–H groups in total. The highest BCUT2D eigenvalue weighted by Crippen LogP contribution is 2.13. The number of sulfonamides is 1. The molecular weight excluding hydrogens is 460 g/mol. The van der Waals surface area contributed by atoms with Gasteiger partial charge in [-0.1, -0.05) is 84.1 Å². The van der Waals surface area contributed by atoms with Gasteiger partial charge in [-0.3, -0.25) is 0 Å². The summed E-state index contributed by atoms with van der Waals surface area (Å²) in [6.45, 7) is 14.8. The number of rotatable bonds is 21. The summed E-state index contributed by atoms with van der Waals surface area (Å²) < 4.78 is 27.6. The molecule has 0 bridgehead atoms. The minimum Gasteiger partial charge on any atom is -1.00 e. The summed E-state index contributed by atoms with van der Waals surface area (Å²) in [5.41, 5.74) is 0. The van der Waals surface area contributed by atoms with Gasteiger partial charge in [0.25, 0.3) is 0 Å². The number of likely N-dealkylation sites (N-methyl/N-ethyl adjacent to an activating group) is 2. The zero-order valence-corrected chi connectivity index (χ0v) is 22.9. The van der Waals surface area contributed by atoms with E-state index in [1.807, 2.05) is 6.08 Å². The summed E-state index contributed by atoms with van der Waals surface area (Å²) in [7, 11) is -1.39. The Balaban J connectivity index is 0. The van der Waals surface area contributed by atoms with Crippen LogP contribution in [0.25, 0.3) is 0 Å². The van der Waals surface area contributed by atoms with E-state index < -0.39 is 10.0 Å². The molecule has 0 aromatic heterocycles. The van der Waals surface area contributed by atoms with Gasteiger partial charge in [0.15, 0.2) is 0 Å². The second-order valence-corrected chi connectivity index (χ2v) is 10.9. The highest BCUT2D eigenvalue weighted by Gasteiger charge is 2.25. The number of unbranched alkanes of at least 4 members (excludes halogenated alkanes) is 11. The van der Waals surface area contributed by atoms with Crippen LogP contribution in [0.1, 0.15) is 97.8 Å². The SMILES string of the molecule is C=CC[N+](CC)(CC)CCN(C)S(=O)(=O)CCCCCCCCCCCCCC.[Br-]. The third-order valence-electron chi connectivity index (χ3n) is 6.48. The Morgan fingerprint density at radius 2 is 1.23 bits per heavy atom. The summed E-state index contributed by atoms with van der Waals surface area (Å²) in [5.74, 6) is 0.292. The Kier molecular flexibility index (Phi) is 21.2. The molecule has 0 fully saturated rings. The van der Waals surface area contributed by atoms with E-state index in [9.17, 15) is 8.42 Å². The monoisotopic (exact) mass is 510 g/mol. The highest BCUT2D eigenvalue weighted by molar-refractivity contribution is 7.89. The van der Waals surface area contributed by atoms with E-state index in [1.165, 1.54) is 64.2 Å². The molecular formula is C24H51BrN2O2S. The highest BCUT2D eigenvalue weighted by atomic mass is 79.9. The molecule has 0 aliphatic heterocycles. The Hall–Kier alpha value is 0.0900. The first kappa shape index (κ1) is 32.3. The van der Waals surface area contributed by atoms with E-state index in [4.69, 9.17) is 0 Å². The maximum absolute atomic E-state index is 12.6. The van der Waals surface area contributed by atoms with Crippen LogP contribution in [0, 0.1) is 0 Å². The molecule has 0 aliphatic rings. The average molecular weight is 512 g/mol. The number of hydrogen-bond donors (Lipinski definition) is 0. The van der Waals surface area contributed by atoms with Crippen molar-refractivity contribution in [3.8, 4) is 0 Å². The van der Waals surface area contributed by atoms with Gasteiger partial charge in [-0.2, -0.15) is 4.31 Å². The van der Waals surface area contributed by atoms with E-state index in [2.05, 4.69) is 27.4 Å². The smallest absolute Gasteiger partial charge is 0.214 e. The van der Waals surface area contributed by atoms with Crippen LogP contribution in [-0.2, 0) is 10.0 Å². The van der Waals surface area contributed by atoms with Gasteiger partial charge in [0.05, 0.1) is 38.5 Å². The quantitative estimate of drug-likeness (QED) is 0.135. The topological polar surface area (TPSA) is 37.4 Å². The summed E-state index contributed by atoms with van der Waals surface area (Å²) in [6.07, 6.45) is 17.1. The van der Waals surface area contributed by atoms with Crippen LogP contribution in [0.4, 0.5) is 0 Å². The molecule has 0 rings (SSSR count). The van der Waals surface area contributed by atoms with Gasteiger partial charge in [0.2, 0.25) is 10.0 Å². The second kappa shape index (κ2) is 19.8. The van der Waals surface area contributed by atoms with Crippen molar-refractivity contribution in [3.05, 3.63) is 12.7 Å². The molecule has 0 heterocycles. The van der Waals surface area contributed by atoms with Crippen LogP contribution >= 0.6 is 0 Å². The van der Waals surface area contributed by atoms with E-state index >= 15 is 0 Å². The minimum absolute atomic E-state index is 0. The number of nitrogens with zero attached hydrogens (tertiary/aromatic N) is 2. The van der Waals surface area contributed by atoms with Crippen molar-refractivity contribution < 1.29 is 29.9 Å². The first-order valence-corrected chi connectivity index (χ1v) is 13.9. The van der Waals surface area contributed by atoms with Gasteiger partial charge in [-0.05, 0) is 26.3 Å². The zero-order chi connectivity index (χ0) is 22.0. The molecule has 182 valence electrons. The van der Waals surface area contributed by atoms with Crippen LogP contribution in [-0.4, -0.2) is 62.7 Å². The largest absolute Gasteiger partial charge is 1.00 e. The van der Waals surface area contributed by atoms with E-state index in [0.29, 0.717) is 12.3 Å². The lowest BCUT2D eigenvalue weighted by Gasteiger charge is -2.37. The molecule has 0 amide bonds. The lowest BCUT2D eigenvalue weighted by atomic mass is 10.1. The Morgan fingerprint density at radius 1 is 0.800 bits per heavy atom. The zero-order valence-electron chi connectivity index (χ0n) is 20.5. The molecule has 30 heavy (non-hydrogen) atoms. The Morgan fingerprint density at radius 3 is 1.63 bits per heavy atom. The van der Waals surface area contributed by atoms with Gasteiger partial charge in [-0.15, -0.1) is 0 Å². The van der Waals surface area contributed by atoms with Crippen molar-refractivity contribution >= 4 is 10.0 Å². The predicted molar refractivity (Wildman–Crippen MR) is 129 cm³/mol. The second-order valence-electron chi connectivity index (χ2n) is 8.70. The van der Waals surface area contributed by atoms with Gasteiger partial charge in [-0.25, -0.2) is 8.42 Å². The Labute approximate surface area is 199 Å². The van der Waals surface area contributed by atoms with Crippen molar-refractivity contribution in [1.29, 1.82) is 0 Å². The first-order chi connectivity index (χ1) is 13.9. The molecule has 6 heteroatoms. The molecule has 0 atom stereocenters. The Bertz CT molecular complexity index is 493. The summed E-state index contributed by atoms with van der Waals surface area (Å²) in [4.78, 5) is 0. The van der Waals surface area contributed by atoms with Gasteiger partial charge >= 0.3 is 0 Å². The van der Waals surface area contributed by atoms with Crippen molar-refractivity contribution in [2.45, 2.75) is 97.8 Å². The number of halogens is 1. The lowest BCUT2D eigenvalue weighted by molar-refractivity contribution is -0.918. The summed E-state index contributed by atoms with van der Waals surface area (Å²) in [5, 5.41) is 0. The predicted octanol–water partition coefficient (Wildman–Crippen LogP) is 3.00. The molecule has 0 radical (unpaired) electrons. The maximum Gasteiger partial charge on any atom is 0.214 e. The third-order valence-corrected chi connectivity index (χ3v) is 8.41. The van der Waals surface area contributed by atoms with Crippen LogP contribution in [0.5, 0.6) is 0 Å². The van der Waals surface area contributed by atoms with Crippen LogP contribution < -0.4 is 17.0 Å². The molecule has 0 unspecified atom stereocenters. The first-order valence-electron chi connectivity index (χ1n) is 12.3. The standard InChI is InChI=1S/C24H51N2O2S.BrH/c1-6-10-11-12-13-14-15-16-17-18-19-20-24-29(27,28)25(5)21-23-26(8-3,9-4)22-7-2;/h7H,2,6,8-24H2,1,3-5H3;1H/q+1;/p-1. The average Bonchev–Trinajstić information content (AvgIpc) is 2.71. The van der Waals surface area contributed by atoms with Crippen molar-refractivity contribution in [2.75, 3.05) is 45.5 Å². The summed E-state index contributed by atoms with van der Waals surface area (Å²) >= 11 is 0. The van der Waals surface area contributed by atoms with Gasteiger partial charge in [0.1, 0.15) is 0 Å². The lowest BCUT2D eigenvalue weighted by Crippen LogP contribution is -3.00. The number of quaternary nitrogens is 1. The minimum atomic E-state index is -3.13. The molecule has 4 nitrogen and oxygen atoms in total. The molecule has 0 aromatic rings. The molecule has 0 saturated carbocycles. The van der Waals surface area contributed by atoms with Crippen molar-refractivity contribution in [3.63, 3.8) is 0 Å². The summed E-state index contributed by atoms with van der Waals surface area (Å²) in [6, 6.07) is 0. The normalized spacial score (nSPS) is 12.2. The van der Waals surface area contributed by atoms with E-state index in [0.717, 1.165) is 43.5 Å². The van der Waals surface area contributed by atoms with E-state index in [1.54, 1.807) is 11.4 Å². The molecule has 0 saturated heterocycles. The fourth-order valence-electron chi connectivity index (χ4n) is 3.94.